The van der Waals surface area contributed by atoms with Gasteiger partial charge in [0.15, 0.2) is 0 Å². The number of hydrogen-bond donors (Lipinski definition) is 1. The second kappa shape index (κ2) is 5.46. The van der Waals surface area contributed by atoms with Crippen LogP contribution in [0.25, 0.3) is 0 Å². The summed E-state index contributed by atoms with van der Waals surface area (Å²) in [5, 5.41) is 0. The van der Waals surface area contributed by atoms with Gasteiger partial charge in [0.25, 0.3) is 5.91 Å². The van der Waals surface area contributed by atoms with Gasteiger partial charge in [0.1, 0.15) is 12.3 Å². The van der Waals surface area contributed by atoms with Crippen LogP contribution >= 0.6 is 0 Å². The van der Waals surface area contributed by atoms with Crippen LogP contribution in [0.1, 0.15) is 17.4 Å². The Balaban J connectivity index is 2.61. The van der Waals surface area contributed by atoms with E-state index < -0.39 is 5.91 Å². The van der Waals surface area contributed by atoms with Crippen LogP contribution < -0.4 is 10.5 Å². The number of carbonyl (C=O) groups is 1. The van der Waals surface area contributed by atoms with E-state index in [-0.39, 0.29) is 11.7 Å². The van der Waals surface area contributed by atoms with Crippen molar-refractivity contribution >= 4 is 5.91 Å². The molecule has 0 radical (unpaired) electrons. The van der Waals surface area contributed by atoms with Gasteiger partial charge in [0.05, 0.1) is 0 Å². The van der Waals surface area contributed by atoms with Crippen LogP contribution in [-0.2, 0) is 0 Å². The van der Waals surface area contributed by atoms with E-state index in [1.165, 1.54) is 0 Å². The molecule has 1 rings (SSSR count). The molecule has 0 bridgehead atoms. The molecule has 5 heteroatoms. The zero-order chi connectivity index (χ0) is 12.1. The lowest BCUT2D eigenvalue weighted by Gasteiger charge is -2.19. The van der Waals surface area contributed by atoms with E-state index in [1.807, 2.05) is 25.9 Å². The van der Waals surface area contributed by atoms with Gasteiger partial charge in [0.2, 0.25) is 5.88 Å². The monoisotopic (exact) mass is 223 g/mol. The molecule has 1 aromatic heterocycles. The van der Waals surface area contributed by atoms with E-state index in [2.05, 4.69) is 4.98 Å². The van der Waals surface area contributed by atoms with E-state index in [9.17, 15) is 4.79 Å². The third-order valence-electron chi connectivity index (χ3n) is 2.33. The number of primary amides is 1. The van der Waals surface area contributed by atoms with Gasteiger partial charge in [-0.25, -0.2) is 4.98 Å². The number of carbonyl (C=O) groups excluding carboxylic acids is 1. The molecular weight excluding hydrogens is 206 g/mol. The number of likely N-dealkylation sites (N-methyl/N-ethyl adjacent to an activating group) is 1. The largest absolute Gasteiger partial charge is 0.476 e. The Morgan fingerprint density at radius 2 is 2.25 bits per heavy atom. The Morgan fingerprint density at radius 3 is 2.81 bits per heavy atom. The summed E-state index contributed by atoms with van der Waals surface area (Å²) in [4.78, 5) is 16.9. The van der Waals surface area contributed by atoms with Crippen molar-refractivity contribution in [3.63, 3.8) is 0 Å². The second-order valence-electron chi connectivity index (χ2n) is 3.85. The van der Waals surface area contributed by atoms with Crippen LogP contribution in [0.4, 0.5) is 0 Å². The maximum atomic E-state index is 10.9. The first-order valence-electron chi connectivity index (χ1n) is 5.07. The Hall–Kier alpha value is -1.62. The van der Waals surface area contributed by atoms with Crippen LogP contribution in [-0.4, -0.2) is 42.5 Å². The minimum Gasteiger partial charge on any atom is -0.476 e. The molecule has 16 heavy (non-hydrogen) atoms. The van der Waals surface area contributed by atoms with Gasteiger partial charge >= 0.3 is 0 Å². The predicted octanol–water partition coefficient (Wildman–Crippen LogP) is 0.509. The van der Waals surface area contributed by atoms with Crippen LogP contribution in [0.5, 0.6) is 5.88 Å². The highest BCUT2D eigenvalue weighted by Crippen LogP contribution is 2.08. The first-order chi connectivity index (χ1) is 7.50. The smallest absolute Gasteiger partial charge is 0.267 e. The molecule has 0 spiro atoms. The molecule has 1 heterocycles. The molecule has 2 N–H and O–H groups in total. The van der Waals surface area contributed by atoms with Gasteiger partial charge in [-0.1, -0.05) is 6.07 Å². The average Bonchev–Trinajstić information content (AvgIpc) is 2.26. The van der Waals surface area contributed by atoms with Crippen molar-refractivity contribution in [3.05, 3.63) is 23.9 Å². The van der Waals surface area contributed by atoms with E-state index in [0.29, 0.717) is 12.5 Å². The lowest BCUT2D eigenvalue weighted by Crippen LogP contribution is -2.30. The number of pyridine rings is 1. The Kier molecular flexibility index (Phi) is 4.25. The lowest BCUT2D eigenvalue weighted by molar-refractivity contribution is 0.0994. The Bertz CT molecular complexity index is 366. The highest BCUT2D eigenvalue weighted by molar-refractivity contribution is 5.90. The van der Waals surface area contributed by atoms with E-state index >= 15 is 0 Å². The molecule has 0 saturated heterocycles. The van der Waals surface area contributed by atoms with Crippen LogP contribution in [0.15, 0.2) is 18.2 Å². The molecule has 0 aliphatic rings. The molecule has 0 aromatic carbocycles. The maximum Gasteiger partial charge on any atom is 0.267 e. The van der Waals surface area contributed by atoms with Crippen LogP contribution in [0.3, 0.4) is 0 Å². The fraction of sp³-hybridized carbons (Fsp3) is 0.455. The molecule has 88 valence electrons. The number of nitrogens with zero attached hydrogens (tertiary/aromatic N) is 2. The summed E-state index contributed by atoms with van der Waals surface area (Å²) >= 11 is 0. The van der Waals surface area contributed by atoms with Crippen molar-refractivity contribution in [2.45, 2.75) is 13.0 Å². The van der Waals surface area contributed by atoms with Gasteiger partial charge in [-0.2, -0.15) is 0 Å². The number of aromatic nitrogens is 1. The summed E-state index contributed by atoms with van der Waals surface area (Å²) in [6.45, 7) is 2.56. The summed E-state index contributed by atoms with van der Waals surface area (Å²) in [6.07, 6.45) is 0. The van der Waals surface area contributed by atoms with Gasteiger partial charge in [0, 0.05) is 12.1 Å². The molecule has 5 nitrogen and oxygen atoms in total. The third kappa shape index (κ3) is 3.51. The molecule has 0 saturated carbocycles. The van der Waals surface area contributed by atoms with Crippen molar-refractivity contribution in [3.8, 4) is 5.88 Å². The molecule has 0 fully saturated rings. The fourth-order valence-electron chi connectivity index (χ4n) is 0.987. The third-order valence-corrected chi connectivity index (χ3v) is 2.33. The summed E-state index contributed by atoms with van der Waals surface area (Å²) < 4.78 is 5.46. The Labute approximate surface area is 95.2 Å². The molecule has 0 aliphatic heterocycles. The molecule has 1 aromatic rings. The second-order valence-corrected chi connectivity index (χ2v) is 3.85. The summed E-state index contributed by atoms with van der Waals surface area (Å²) in [7, 11) is 3.95. The van der Waals surface area contributed by atoms with Crippen LogP contribution in [0, 0.1) is 0 Å². The van der Waals surface area contributed by atoms with E-state index in [4.69, 9.17) is 10.5 Å². The number of hydrogen-bond acceptors (Lipinski definition) is 4. The summed E-state index contributed by atoms with van der Waals surface area (Å²) in [6, 6.07) is 5.24. The van der Waals surface area contributed by atoms with Gasteiger partial charge < -0.3 is 15.4 Å². The van der Waals surface area contributed by atoms with Crippen molar-refractivity contribution in [2.75, 3.05) is 20.7 Å². The number of amides is 1. The Morgan fingerprint density at radius 1 is 1.56 bits per heavy atom. The molecule has 1 atom stereocenters. The first-order valence-corrected chi connectivity index (χ1v) is 5.07. The summed E-state index contributed by atoms with van der Waals surface area (Å²) in [5.74, 6) is -0.129. The SMILES string of the molecule is CC(COc1cccc(C(N)=O)n1)N(C)C. The average molecular weight is 223 g/mol. The van der Waals surface area contributed by atoms with Crippen molar-refractivity contribution < 1.29 is 9.53 Å². The zero-order valence-corrected chi connectivity index (χ0v) is 9.80. The van der Waals surface area contributed by atoms with Gasteiger partial charge in [-0.15, -0.1) is 0 Å². The van der Waals surface area contributed by atoms with Crippen molar-refractivity contribution in [2.24, 2.45) is 5.73 Å². The minimum atomic E-state index is -0.550. The standard InChI is InChI=1S/C11H17N3O2/c1-8(14(2)3)7-16-10-6-4-5-9(13-10)11(12)15/h4-6,8H,7H2,1-3H3,(H2,12,15). The molecule has 1 amide bonds. The zero-order valence-electron chi connectivity index (χ0n) is 9.80. The van der Waals surface area contributed by atoms with E-state index in [0.717, 1.165) is 0 Å². The number of nitrogens with two attached hydrogens (primary N) is 1. The van der Waals surface area contributed by atoms with E-state index in [1.54, 1.807) is 18.2 Å². The van der Waals surface area contributed by atoms with Crippen LogP contribution in [0.2, 0.25) is 0 Å². The summed E-state index contributed by atoms with van der Waals surface area (Å²) in [5.41, 5.74) is 5.34. The molecule has 1 unspecified atom stereocenters. The van der Waals surface area contributed by atoms with Gasteiger partial charge in [-0.3, -0.25) is 4.79 Å². The topological polar surface area (TPSA) is 68.5 Å². The highest BCUT2D eigenvalue weighted by atomic mass is 16.5. The fourth-order valence-corrected chi connectivity index (χ4v) is 0.987. The van der Waals surface area contributed by atoms with Crippen molar-refractivity contribution in [1.29, 1.82) is 0 Å². The number of ether oxygens (including phenoxy) is 1. The lowest BCUT2D eigenvalue weighted by atomic mass is 10.3. The maximum absolute atomic E-state index is 10.9. The minimum absolute atomic E-state index is 0.218. The van der Waals surface area contributed by atoms with Gasteiger partial charge in [-0.05, 0) is 27.1 Å². The first kappa shape index (κ1) is 12.4. The predicted molar refractivity (Wildman–Crippen MR) is 61.4 cm³/mol. The normalized spacial score (nSPS) is 12.5. The highest BCUT2D eigenvalue weighted by Gasteiger charge is 2.07. The number of rotatable bonds is 5. The molecular formula is C11H17N3O2. The van der Waals surface area contributed by atoms with Crippen molar-refractivity contribution in [1.82, 2.24) is 9.88 Å². The quantitative estimate of drug-likeness (QED) is 0.789. The molecule has 0 aliphatic carbocycles.